The van der Waals surface area contributed by atoms with Crippen LogP contribution in [0.25, 0.3) is 0 Å². The van der Waals surface area contributed by atoms with E-state index in [1.807, 2.05) is 13.0 Å². The molecule has 2 N–H and O–H groups in total. The predicted octanol–water partition coefficient (Wildman–Crippen LogP) is 1.14. The summed E-state index contributed by atoms with van der Waals surface area (Å²) in [5, 5.41) is 15.2. The van der Waals surface area contributed by atoms with E-state index in [4.69, 9.17) is 4.74 Å². The van der Waals surface area contributed by atoms with Crippen LogP contribution in [0.3, 0.4) is 0 Å². The molecule has 3 atom stereocenters. The van der Waals surface area contributed by atoms with E-state index >= 15 is 0 Å². The highest BCUT2D eigenvalue weighted by molar-refractivity contribution is 6.05. The molecule has 1 aliphatic heterocycles. The molecule has 0 aromatic heterocycles. The van der Waals surface area contributed by atoms with E-state index in [0.717, 1.165) is 25.7 Å². The smallest absolute Gasteiger partial charge is 0.351 e. The predicted molar refractivity (Wildman–Crippen MR) is 75.8 cm³/mol. The second kappa shape index (κ2) is 6.61. The van der Waals surface area contributed by atoms with Crippen molar-refractivity contribution in [2.75, 3.05) is 0 Å². The molecule has 0 aromatic carbocycles. The number of nitrogens with one attached hydrogen (secondary N) is 2. The first-order valence-electron chi connectivity index (χ1n) is 7.49. The van der Waals surface area contributed by atoms with Crippen molar-refractivity contribution in [1.82, 2.24) is 10.6 Å². The molecule has 2 aliphatic rings. The largest absolute Gasteiger partial charge is 0.459 e. The average Bonchev–Trinajstić information content (AvgIpc) is 2.48. The van der Waals surface area contributed by atoms with Gasteiger partial charge in [-0.05, 0) is 26.2 Å². The van der Waals surface area contributed by atoms with Gasteiger partial charge in [0.05, 0.1) is 6.10 Å². The minimum absolute atomic E-state index is 0.0500. The number of carbonyl (C=O) groups is 2. The van der Waals surface area contributed by atoms with Gasteiger partial charge in [-0.25, -0.2) is 4.79 Å². The summed E-state index contributed by atoms with van der Waals surface area (Å²) >= 11 is 0. The fraction of sp³-hybridized carbons (Fsp3) is 0.667. The van der Waals surface area contributed by atoms with Crippen molar-refractivity contribution >= 4 is 11.9 Å². The summed E-state index contributed by atoms with van der Waals surface area (Å²) in [4.78, 5) is 24.1. The molecule has 21 heavy (non-hydrogen) atoms. The second-order valence-corrected chi connectivity index (χ2v) is 5.60. The number of ether oxygens (including phenoxy) is 1. The Kier molecular flexibility index (Phi) is 4.84. The molecule has 1 heterocycles. The maximum absolute atomic E-state index is 12.1. The molecule has 0 spiro atoms. The van der Waals surface area contributed by atoms with Crippen molar-refractivity contribution in [1.29, 1.82) is 5.26 Å². The van der Waals surface area contributed by atoms with Crippen molar-refractivity contribution in [2.24, 2.45) is 0 Å². The normalized spacial score (nSPS) is 28.3. The van der Waals surface area contributed by atoms with Gasteiger partial charge in [0, 0.05) is 12.1 Å². The summed E-state index contributed by atoms with van der Waals surface area (Å²) in [6.07, 6.45) is 4.39. The number of nitriles is 1. The lowest BCUT2D eigenvalue weighted by Gasteiger charge is -2.38. The van der Waals surface area contributed by atoms with Gasteiger partial charge in [0.15, 0.2) is 5.57 Å². The number of hydrogen-bond donors (Lipinski definition) is 2. The van der Waals surface area contributed by atoms with E-state index in [0.29, 0.717) is 6.42 Å². The third kappa shape index (κ3) is 3.35. The van der Waals surface area contributed by atoms with E-state index in [1.165, 1.54) is 0 Å². The Bertz CT molecular complexity index is 507. The van der Waals surface area contributed by atoms with Crippen LogP contribution < -0.4 is 10.6 Å². The van der Waals surface area contributed by atoms with Gasteiger partial charge in [-0.2, -0.15) is 5.26 Å². The zero-order valence-corrected chi connectivity index (χ0v) is 12.4. The van der Waals surface area contributed by atoms with Gasteiger partial charge in [-0.15, -0.1) is 0 Å². The molecule has 1 amide bonds. The SMILES string of the molecule is CCC(C)OC(=O)/C(C#N)=C1\N[C@@H]2CCCC[C@H]2NC1=O. The molecule has 6 heteroatoms. The van der Waals surface area contributed by atoms with E-state index in [9.17, 15) is 14.9 Å². The second-order valence-electron chi connectivity index (χ2n) is 5.60. The summed E-state index contributed by atoms with van der Waals surface area (Å²) < 4.78 is 5.15. The van der Waals surface area contributed by atoms with Crippen LogP contribution >= 0.6 is 0 Å². The number of fused-ring (bicyclic) bond motifs is 1. The molecule has 1 aliphatic carbocycles. The molecular weight excluding hydrogens is 270 g/mol. The third-order valence-corrected chi connectivity index (χ3v) is 4.09. The first-order valence-corrected chi connectivity index (χ1v) is 7.49. The number of amides is 1. The lowest BCUT2D eigenvalue weighted by molar-refractivity contribution is -0.143. The number of hydrogen-bond acceptors (Lipinski definition) is 5. The van der Waals surface area contributed by atoms with Gasteiger partial charge in [0.1, 0.15) is 11.8 Å². The van der Waals surface area contributed by atoms with Gasteiger partial charge in [0.2, 0.25) is 0 Å². The van der Waals surface area contributed by atoms with Crippen LogP contribution in [0, 0.1) is 11.3 Å². The molecule has 6 nitrogen and oxygen atoms in total. The topological polar surface area (TPSA) is 91.2 Å². The molecule has 1 saturated heterocycles. The summed E-state index contributed by atoms with van der Waals surface area (Å²) in [6.45, 7) is 3.64. The Hall–Kier alpha value is -2.03. The number of carbonyl (C=O) groups excluding carboxylic acids is 2. The lowest BCUT2D eigenvalue weighted by atomic mass is 9.88. The number of esters is 1. The number of nitrogens with zero attached hydrogens (tertiary/aromatic N) is 1. The van der Waals surface area contributed by atoms with Crippen molar-refractivity contribution in [3.63, 3.8) is 0 Å². The minimum Gasteiger partial charge on any atom is -0.459 e. The Balaban J connectivity index is 2.20. The summed E-state index contributed by atoms with van der Waals surface area (Å²) in [7, 11) is 0. The molecule has 2 rings (SSSR count). The van der Waals surface area contributed by atoms with Gasteiger partial charge in [-0.1, -0.05) is 19.8 Å². The highest BCUT2D eigenvalue weighted by Gasteiger charge is 2.36. The van der Waals surface area contributed by atoms with Crippen LogP contribution in [0.15, 0.2) is 11.3 Å². The summed E-state index contributed by atoms with van der Waals surface area (Å²) in [5.41, 5.74) is -0.189. The van der Waals surface area contributed by atoms with Crippen LogP contribution in [0.5, 0.6) is 0 Å². The van der Waals surface area contributed by atoms with Crippen LogP contribution in [0.4, 0.5) is 0 Å². The molecule has 2 fully saturated rings. The monoisotopic (exact) mass is 291 g/mol. The Morgan fingerprint density at radius 3 is 2.57 bits per heavy atom. The fourth-order valence-corrected chi connectivity index (χ4v) is 2.68. The van der Waals surface area contributed by atoms with Crippen LogP contribution in [-0.2, 0) is 14.3 Å². The molecule has 1 saturated carbocycles. The van der Waals surface area contributed by atoms with E-state index in [1.54, 1.807) is 6.92 Å². The first-order chi connectivity index (χ1) is 10.1. The Morgan fingerprint density at radius 1 is 1.38 bits per heavy atom. The summed E-state index contributed by atoms with van der Waals surface area (Å²) in [5.74, 6) is -1.13. The molecule has 1 unspecified atom stereocenters. The highest BCUT2D eigenvalue weighted by Crippen LogP contribution is 2.23. The Labute approximate surface area is 124 Å². The van der Waals surface area contributed by atoms with E-state index in [-0.39, 0.29) is 29.5 Å². The maximum Gasteiger partial charge on any atom is 0.351 e. The third-order valence-electron chi connectivity index (χ3n) is 4.09. The molecule has 0 bridgehead atoms. The van der Waals surface area contributed by atoms with Crippen molar-refractivity contribution in [2.45, 2.75) is 64.1 Å². The lowest BCUT2D eigenvalue weighted by Crippen LogP contribution is -2.59. The van der Waals surface area contributed by atoms with E-state index in [2.05, 4.69) is 10.6 Å². The highest BCUT2D eigenvalue weighted by atomic mass is 16.5. The molecule has 0 aromatic rings. The molecular formula is C15H21N3O3. The van der Waals surface area contributed by atoms with E-state index < -0.39 is 11.9 Å². The maximum atomic E-state index is 12.1. The van der Waals surface area contributed by atoms with Crippen LogP contribution in [-0.4, -0.2) is 30.1 Å². The standard InChI is InChI=1S/C15H21N3O3/c1-3-9(2)21-15(20)10(8-16)13-14(19)18-12-7-5-4-6-11(12)17-13/h9,11-12,17H,3-7H2,1-2H3,(H,18,19)/b13-10-/t9?,11-,12-/m1/s1. The van der Waals surface area contributed by atoms with Gasteiger partial charge >= 0.3 is 5.97 Å². The van der Waals surface area contributed by atoms with Crippen molar-refractivity contribution in [3.05, 3.63) is 11.3 Å². The number of rotatable bonds is 3. The minimum atomic E-state index is -0.737. The van der Waals surface area contributed by atoms with Gasteiger partial charge in [-0.3, -0.25) is 4.79 Å². The average molecular weight is 291 g/mol. The fourth-order valence-electron chi connectivity index (χ4n) is 2.68. The molecule has 0 radical (unpaired) electrons. The zero-order chi connectivity index (χ0) is 15.4. The van der Waals surface area contributed by atoms with Gasteiger partial charge < -0.3 is 15.4 Å². The zero-order valence-electron chi connectivity index (χ0n) is 12.4. The van der Waals surface area contributed by atoms with Crippen LogP contribution in [0.2, 0.25) is 0 Å². The first kappa shape index (κ1) is 15.4. The van der Waals surface area contributed by atoms with Crippen molar-refractivity contribution < 1.29 is 14.3 Å². The van der Waals surface area contributed by atoms with Crippen LogP contribution in [0.1, 0.15) is 46.0 Å². The number of piperazine rings is 1. The summed E-state index contributed by atoms with van der Waals surface area (Å²) in [6, 6.07) is 1.98. The van der Waals surface area contributed by atoms with Crippen molar-refractivity contribution in [3.8, 4) is 6.07 Å². The quantitative estimate of drug-likeness (QED) is 0.462. The molecule has 114 valence electrons. The Morgan fingerprint density at radius 2 is 2.00 bits per heavy atom. The van der Waals surface area contributed by atoms with Gasteiger partial charge in [0.25, 0.3) is 5.91 Å².